The predicted octanol–water partition coefficient (Wildman–Crippen LogP) is 3.85. The highest BCUT2D eigenvalue weighted by molar-refractivity contribution is 6.09. The average molecular weight is 251 g/mol. The van der Waals surface area contributed by atoms with E-state index in [0.717, 1.165) is 16.5 Å². The summed E-state index contributed by atoms with van der Waals surface area (Å²) in [4.78, 5) is 17.2. The number of hydrogen-bond donors (Lipinski definition) is 0. The zero-order valence-corrected chi connectivity index (χ0v) is 10.9. The second-order valence-electron chi connectivity index (χ2n) is 5.88. The second kappa shape index (κ2) is 4.16. The van der Waals surface area contributed by atoms with Crippen LogP contribution < -0.4 is 0 Å². The third kappa shape index (κ3) is 1.70. The van der Waals surface area contributed by atoms with Gasteiger partial charge in [-0.15, -0.1) is 0 Å². The number of Topliss-reactive ketones (excluding diaryl/α,β-unsaturated/α-hetero) is 1. The molecule has 2 aromatic rings. The van der Waals surface area contributed by atoms with E-state index in [1.807, 2.05) is 30.3 Å². The molecule has 2 nitrogen and oxygen atoms in total. The lowest BCUT2D eigenvalue weighted by Crippen LogP contribution is -2.05. The predicted molar refractivity (Wildman–Crippen MR) is 75.0 cm³/mol. The lowest BCUT2D eigenvalue weighted by atomic mass is 10.0. The number of hydrogen-bond acceptors (Lipinski definition) is 2. The highest BCUT2D eigenvalue weighted by Gasteiger charge is 2.54. The van der Waals surface area contributed by atoms with Crippen molar-refractivity contribution in [3.63, 3.8) is 0 Å². The molecule has 0 bridgehead atoms. The maximum absolute atomic E-state index is 12.7. The van der Waals surface area contributed by atoms with Crippen molar-refractivity contribution in [3.05, 3.63) is 42.1 Å². The highest BCUT2D eigenvalue weighted by Crippen LogP contribution is 2.56. The molecular weight excluding hydrogens is 234 g/mol. The van der Waals surface area contributed by atoms with Gasteiger partial charge in [0, 0.05) is 23.1 Å². The summed E-state index contributed by atoms with van der Waals surface area (Å²) in [5.41, 5.74) is 1.70. The Bertz CT molecular complexity index is 631. The van der Waals surface area contributed by atoms with E-state index in [-0.39, 0.29) is 5.92 Å². The molecular formula is C17H17NO. The molecule has 0 radical (unpaired) electrons. The molecule has 0 aliphatic heterocycles. The molecule has 2 aliphatic rings. The molecule has 1 heterocycles. The summed E-state index contributed by atoms with van der Waals surface area (Å²) in [5, 5.41) is 1.07. The van der Waals surface area contributed by atoms with Crippen molar-refractivity contribution in [1.82, 2.24) is 4.98 Å². The van der Waals surface area contributed by atoms with Crippen LogP contribution in [0.5, 0.6) is 0 Å². The van der Waals surface area contributed by atoms with E-state index >= 15 is 0 Å². The van der Waals surface area contributed by atoms with Gasteiger partial charge in [0.1, 0.15) is 0 Å². The summed E-state index contributed by atoms with van der Waals surface area (Å²) in [5.74, 6) is 1.96. The van der Waals surface area contributed by atoms with Crippen molar-refractivity contribution in [3.8, 4) is 0 Å². The van der Waals surface area contributed by atoms with E-state index in [4.69, 9.17) is 0 Å². The molecule has 0 amide bonds. The van der Waals surface area contributed by atoms with Crippen molar-refractivity contribution >= 4 is 16.7 Å². The van der Waals surface area contributed by atoms with Gasteiger partial charge in [0.05, 0.1) is 5.52 Å². The van der Waals surface area contributed by atoms with Crippen LogP contribution in [0.1, 0.15) is 36.0 Å². The molecule has 0 N–H and O–H groups in total. The van der Waals surface area contributed by atoms with Crippen LogP contribution in [0.15, 0.2) is 36.5 Å². The molecule has 0 saturated heterocycles. The Morgan fingerprint density at radius 2 is 1.79 bits per heavy atom. The lowest BCUT2D eigenvalue weighted by molar-refractivity contribution is 0.0958. The quantitative estimate of drug-likeness (QED) is 0.759. The number of benzene rings is 1. The summed E-state index contributed by atoms with van der Waals surface area (Å²) in [6, 6.07) is 9.90. The third-order valence-electron chi connectivity index (χ3n) is 4.86. The second-order valence-corrected chi connectivity index (χ2v) is 5.88. The SMILES string of the molecule is O=C(c1cccc2cccnc12)C1C2CCCCC21. The maximum Gasteiger partial charge on any atom is 0.168 e. The number of ketones is 1. The zero-order valence-electron chi connectivity index (χ0n) is 10.9. The highest BCUT2D eigenvalue weighted by atomic mass is 16.1. The molecule has 0 spiro atoms. The van der Waals surface area contributed by atoms with Crippen LogP contribution in [0.4, 0.5) is 0 Å². The van der Waals surface area contributed by atoms with Crippen LogP contribution >= 0.6 is 0 Å². The monoisotopic (exact) mass is 251 g/mol. The number of rotatable bonds is 2. The molecule has 4 rings (SSSR count). The van der Waals surface area contributed by atoms with Gasteiger partial charge in [0.15, 0.2) is 5.78 Å². The Kier molecular flexibility index (Phi) is 2.44. The van der Waals surface area contributed by atoms with Gasteiger partial charge in [-0.25, -0.2) is 0 Å². The standard InChI is InChI=1S/C17H17NO/c19-17(15-12-7-1-2-8-13(12)15)14-9-3-5-11-6-4-10-18-16(11)14/h3-6,9-10,12-13,15H,1-2,7-8H2. The van der Waals surface area contributed by atoms with Gasteiger partial charge in [-0.3, -0.25) is 9.78 Å². The minimum absolute atomic E-state index is 0.287. The minimum Gasteiger partial charge on any atom is -0.294 e. The largest absolute Gasteiger partial charge is 0.294 e. The van der Waals surface area contributed by atoms with E-state index in [1.54, 1.807) is 6.20 Å². The van der Waals surface area contributed by atoms with Gasteiger partial charge in [-0.05, 0) is 36.8 Å². The molecule has 19 heavy (non-hydrogen) atoms. The first-order chi connectivity index (χ1) is 9.36. The number of para-hydroxylation sites is 1. The summed E-state index contributed by atoms with van der Waals surface area (Å²) < 4.78 is 0. The Hall–Kier alpha value is -1.70. The molecule has 1 aromatic heterocycles. The lowest BCUT2D eigenvalue weighted by Gasteiger charge is -2.04. The molecule has 2 aliphatic carbocycles. The van der Waals surface area contributed by atoms with Crippen molar-refractivity contribution < 1.29 is 4.79 Å². The van der Waals surface area contributed by atoms with E-state index in [9.17, 15) is 4.79 Å². The van der Waals surface area contributed by atoms with E-state index in [1.165, 1.54) is 25.7 Å². The molecule has 2 fully saturated rings. The fourth-order valence-corrected chi connectivity index (χ4v) is 3.86. The van der Waals surface area contributed by atoms with Gasteiger partial charge in [-0.2, -0.15) is 0 Å². The Morgan fingerprint density at radius 3 is 2.58 bits per heavy atom. The van der Waals surface area contributed by atoms with Gasteiger partial charge in [0.2, 0.25) is 0 Å². The van der Waals surface area contributed by atoms with Gasteiger partial charge in [-0.1, -0.05) is 31.0 Å². The molecule has 2 atom stereocenters. The van der Waals surface area contributed by atoms with Crippen LogP contribution in [0.25, 0.3) is 10.9 Å². The molecule has 96 valence electrons. The first kappa shape index (κ1) is 11.2. The number of carbonyl (C=O) groups is 1. The topological polar surface area (TPSA) is 30.0 Å². The first-order valence-electron chi connectivity index (χ1n) is 7.24. The summed E-state index contributed by atoms with van der Waals surface area (Å²) in [6.45, 7) is 0. The summed E-state index contributed by atoms with van der Waals surface area (Å²) in [6.07, 6.45) is 6.88. The number of fused-ring (bicyclic) bond motifs is 2. The third-order valence-corrected chi connectivity index (χ3v) is 4.86. The minimum atomic E-state index is 0.287. The number of nitrogens with zero attached hydrogens (tertiary/aromatic N) is 1. The van der Waals surface area contributed by atoms with Crippen molar-refractivity contribution in [2.45, 2.75) is 25.7 Å². The average Bonchev–Trinajstić information content (AvgIpc) is 3.20. The van der Waals surface area contributed by atoms with Crippen molar-refractivity contribution in [1.29, 1.82) is 0 Å². The van der Waals surface area contributed by atoms with E-state index in [0.29, 0.717) is 17.6 Å². The summed E-state index contributed by atoms with van der Waals surface area (Å²) in [7, 11) is 0. The van der Waals surface area contributed by atoms with Crippen molar-refractivity contribution in [2.24, 2.45) is 17.8 Å². The summed E-state index contributed by atoms with van der Waals surface area (Å²) >= 11 is 0. The van der Waals surface area contributed by atoms with E-state index < -0.39 is 0 Å². The zero-order chi connectivity index (χ0) is 12.8. The Labute approximate surface area is 112 Å². The van der Waals surface area contributed by atoms with E-state index in [2.05, 4.69) is 4.98 Å². The molecule has 2 heteroatoms. The Morgan fingerprint density at radius 1 is 1.05 bits per heavy atom. The smallest absolute Gasteiger partial charge is 0.168 e. The van der Waals surface area contributed by atoms with Crippen LogP contribution in [-0.4, -0.2) is 10.8 Å². The maximum atomic E-state index is 12.7. The molecule has 1 aromatic carbocycles. The number of carbonyl (C=O) groups excluding carboxylic acids is 1. The van der Waals surface area contributed by atoms with Gasteiger partial charge >= 0.3 is 0 Å². The van der Waals surface area contributed by atoms with Crippen LogP contribution in [0.3, 0.4) is 0 Å². The van der Waals surface area contributed by atoms with Crippen molar-refractivity contribution in [2.75, 3.05) is 0 Å². The fourth-order valence-electron chi connectivity index (χ4n) is 3.86. The Balaban J connectivity index is 1.73. The number of pyridine rings is 1. The van der Waals surface area contributed by atoms with Gasteiger partial charge < -0.3 is 0 Å². The normalized spacial score (nSPS) is 28.9. The van der Waals surface area contributed by atoms with Crippen LogP contribution in [0.2, 0.25) is 0 Å². The fraction of sp³-hybridized carbons (Fsp3) is 0.412. The van der Waals surface area contributed by atoms with Crippen LogP contribution in [0, 0.1) is 17.8 Å². The van der Waals surface area contributed by atoms with Gasteiger partial charge in [0.25, 0.3) is 0 Å². The molecule has 2 unspecified atom stereocenters. The van der Waals surface area contributed by atoms with Crippen LogP contribution in [-0.2, 0) is 0 Å². The first-order valence-corrected chi connectivity index (χ1v) is 7.24. The number of aromatic nitrogens is 1. The molecule has 2 saturated carbocycles.